The summed E-state index contributed by atoms with van der Waals surface area (Å²) in [6.07, 6.45) is 15.4. The minimum atomic E-state index is 0.00118. The molecule has 1 saturated carbocycles. The molecule has 3 heterocycles. The van der Waals surface area contributed by atoms with Crippen LogP contribution in [0.25, 0.3) is 16.7 Å². The first-order valence-corrected chi connectivity index (χ1v) is 12.1. The molecule has 2 aliphatic heterocycles. The largest absolute Gasteiger partial charge is 0.349 e. The van der Waals surface area contributed by atoms with Crippen molar-refractivity contribution >= 4 is 17.2 Å². The molecule has 0 radical (unpaired) electrons. The van der Waals surface area contributed by atoms with Gasteiger partial charge in [0.15, 0.2) is 0 Å². The van der Waals surface area contributed by atoms with Crippen molar-refractivity contribution in [1.29, 1.82) is 0 Å². The maximum absolute atomic E-state index is 13.1. The van der Waals surface area contributed by atoms with Gasteiger partial charge in [-0.1, -0.05) is 31.7 Å². The number of carbonyl (C=O) groups is 1. The summed E-state index contributed by atoms with van der Waals surface area (Å²) in [5.74, 6) is 0.00118. The van der Waals surface area contributed by atoms with Crippen molar-refractivity contribution in [3.05, 3.63) is 54.0 Å². The van der Waals surface area contributed by atoms with Crippen molar-refractivity contribution in [2.45, 2.75) is 64.0 Å². The van der Waals surface area contributed by atoms with Crippen molar-refractivity contribution in [1.82, 2.24) is 20.6 Å². The van der Waals surface area contributed by atoms with E-state index in [2.05, 4.69) is 44.3 Å². The fraction of sp³-hybridized carbons (Fsp3) is 0.462. The highest BCUT2D eigenvalue weighted by Crippen LogP contribution is 2.32. The Hall–Kier alpha value is -2.86. The number of anilines is 1. The van der Waals surface area contributed by atoms with Crippen LogP contribution in [0.2, 0.25) is 0 Å². The van der Waals surface area contributed by atoms with Crippen LogP contribution in [0.15, 0.2) is 42.9 Å². The summed E-state index contributed by atoms with van der Waals surface area (Å²) in [6.45, 7) is 3.30. The lowest BCUT2D eigenvalue weighted by Gasteiger charge is -2.26. The van der Waals surface area contributed by atoms with E-state index in [1.807, 2.05) is 18.5 Å². The normalized spacial score (nSPS) is 19.3. The quantitative estimate of drug-likeness (QED) is 0.652. The molecule has 3 N–H and O–H groups in total. The highest BCUT2D eigenvalue weighted by Gasteiger charge is 2.23. The van der Waals surface area contributed by atoms with E-state index in [4.69, 9.17) is 0 Å². The number of rotatable bonds is 5. The van der Waals surface area contributed by atoms with Crippen molar-refractivity contribution in [2.75, 3.05) is 18.5 Å². The Labute approximate surface area is 190 Å². The van der Waals surface area contributed by atoms with Gasteiger partial charge in [-0.25, -0.2) is 0 Å². The van der Waals surface area contributed by atoms with E-state index in [-0.39, 0.29) is 11.9 Å². The van der Waals surface area contributed by atoms with Crippen LogP contribution in [-0.2, 0) is 11.3 Å². The first-order valence-electron chi connectivity index (χ1n) is 12.1. The predicted octanol–water partition coefficient (Wildman–Crippen LogP) is 4.45. The molecule has 1 aliphatic carbocycles. The second kappa shape index (κ2) is 9.74. The number of nitrogens with zero attached hydrogens (tertiary/aromatic N) is 2. The maximum Gasteiger partial charge on any atom is 0.253 e. The molecule has 2 aromatic rings. The average Bonchev–Trinajstić information content (AvgIpc) is 2.85. The average molecular weight is 432 g/mol. The fourth-order valence-electron chi connectivity index (χ4n) is 5.12. The van der Waals surface area contributed by atoms with Crippen molar-refractivity contribution in [3.8, 4) is 11.1 Å². The molecule has 1 aromatic carbocycles. The number of hydrazine groups is 1. The second-order valence-corrected chi connectivity index (χ2v) is 9.31. The lowest BCUT2D eigenvalue weighted by molar-refractivity contribution is -0.116. The van der Waals surface area contributed by atoms with E-state index in [1.165, 1.54) is 57.2 Å². The van der Waals surface area contributed by atoms with Gasteiger partial charge in [0.05, 0.1) is 11.3 Å². The van der Waals surface area contributed by atoms with Crippen molar-refractivity contribution < 1.29 is 4.79 Å². The van der Waals surface area contributed by atoms with Crippen LogP contribution in [0.4, 0.5) is 5.69 Å². The van der Waals surface area contributed by atoms with Crippen LogP contribution in [0, 0.1) is 0 Å². The van der Waals surface area contributed by atoms with Gasteiger partial charge in [0.25, 0.3) is 5.91 Å². The molecule has 6 heteroatoms. The number of pyridine rings is 1. The van der Waals surface area contributed by atoms with E-state index < -0.39 is 0 Å². The van der Waals surface area contributed by atoms with Crippen molar-refractivity contribution in [2.24, 2.45) is 0 Å². The molecule has 5 rings (SSSR count). The number of fused-ring (bicyclic) bond motifs is 1. The van der Waals surface area contributed by atoms with Gasteiger partial charge >= 0.3 is 0 Å². The topological polar surface area (TPSA) is 69.3 Å². The van der Waals surface area contributed by atoms with Crippen LogP contribution in [0.1, 0.15) is 62.5 Å². The van der Waals surface area contributed by atoms with Gasteiger partial charge in [-0.3, -0.25) is 14.7 Å². The summed E-state index contributed by atoms with van der Waals surface area (Å²) >= 11 is 0. The summed E-state index contributed by atoms with van der Waals surface area (Å²) in [6, 6.07) is 8.77. The molecule has 3 aliphatic rings. The number of likely N-dealkylation sites (tertiary alicyclic amines) is 1. The highest BCUT2D eigenvalue weighted by molar-refractivity contribution is 6.21. The summed E-state index contributed by atoms with van der Waals surface area (Å²) in [4.78, 5) is 20.1. The lowest BCUT2D eigenvalue weighted by atomic mass is 9.94. The Bertz CT molecular complexity index is 989. The number of carbonyl (C=O) groups excluding carboxylic acids is 1. The van der Waals surface area contributed by atoms with Crippen LogP contribution in [0.5, 0.6) is 0 Å². The molecule has 6 nitrogen and oxygen atoms in total. The van der Waals surface area contributed by atoms with Crippen LogP contribution < -0.4 is 16.2 Å². The molecule has 1 aromatic heterocycles. The first-order chi connectivity index (χ1) is 15.8. The van der Waals surface area contributed by atoms with Gasteiger partial charge in [0, 0.05) is 42.3 Å². The smallest absolute Gasteiger partial charge is 0.253 e. The molecule has 32 heavy (non-hydrogen) atoms. The van der Waals surface area contributed by atoms with E-state index >= 15 is 0 Å². The molecule has 2 fully saturated rings. The summed E-state index contributed by atoms with van der Waals surface area (Å²) in [5.41, 5.74) is 12.1. The Balaban J connectivity index is 1.36. The molecular formula is C26H33N5O. The molecule has 168 valence electrons. The number of hydrogen-bond donors (Lipinski definition) is 3. The zero-order chi connectivity index (χ0) is 21.8. The molecular weight excluding hydrogens is 398 g/mol. The second-order valence-electron chi connectivity index (χ2n) is 9.31. The Kier molecular flexibility index (Phi) is 6.39. The van der Waals surface area contributed by atoms with Gasteiger partial charge in [-0.05, 0) is 68.1 Å². The third kappa shape index (κ3) is 4.80. The fourth-order valence-corrected chi connectivity index (χ4v) is 5.12. The van der Waals surface area contributed by atoms with Gasteiger partial charge < -0.3 is 16.2 Å². The Morgan fingerprint density at radius 3 is 2.66 bits per heavy atom. The predicted molar refractivity (Wildman–Crippen MR) is 129 cm³/mol. The number of piperidine rings is 1. The molecule has 0 bridgehead atoms. The zero-order valence-electron chi connectivity index (χ0n) is 18.7. The number of amides is 1. The Morgan fingerprint density at radius 1 is 1.00 bits per heavy atom. The van der Waals surface area contributed by atoms with E-state index in [1.54, 1.807) is 6.20 Å². The summed E-state index contributed by atoms with van der Waals surface area (Å²) in [5, 5.41) is 3.25. The van der Waals surface area contributed by atoms with E-state index in [0.717, 1.165) is 41.8 Å². The third-order valence-corrected chi connectivity index (χ3v) is 6.90. The minimum absolute atomic E-state index is 0.00118. The van der Waals surface area contributed by atoms with E-state index in [9.17, 15) is 4.79 Å². The van der Waals surface area contributed by atoms with Crippen LogP contribution >= 0.6 is 0 Å². The number of aromatic nitrogens is 1. The zero-order valence-corrected chi connectivity index (χ0v) is 18.7. The first kappa shape index (κ1) is 21.0. The number of hydrogen-bond acceptors (Lipinski definition) is 5. The maximum atomic E-state index is 13.1. The Morgan fingerprint density at radius 2 is 1.81 bits per heavy atom. The van der Waals surface area contributed by atoms with Gasteiger partial charge in [-0.2, -0.15) is 0 Å². The molecule has 1 amide bonds. The molecule has 0 spiro atoms. The third-order valence-electron chi connectivity index (χ3n) is 6.90. The van der Waals surface area contributed by atoms with Crippen molar-refractivity contribution in [3.63, 3.8) is 0 Å². The van der Waals surface area contributed by atoms with Gasteiger partial charge in [-0.15, -0.1) is 0 Å². The monoisotopic (exact) mass is 431 g/mol. The summed E-state index contributed by atoms with van der Waals surface area (Å²) in [7, 11) is 0. The number of benzene rings is 1. The van der Waals surface area contributed by atoms with Crippen LogP contribution in [-0.4, -0.2) is 34.9 Å². The van der Waals surface area contributed by atoms with E-state index in [0.29, 0.717) is 5.57 Å². The number of nitrogens with one attached hydrogen (secondary N) is 3. The lowest BCUT2D eigenvalue weighted by Crippen LogP contribution is -2.38. The van der Waals surface area contributed by atoms with Gasteiger partial charge in [0.2, 0.25) is 0 Å². The molecule has 0 unspecified atom stereocenters. The summed E-state index contributed by atoms with van der Waals surface area (Å²) < 4.78 is 0. The molecule has 0 atom stereocenters. The molecule has 1 saturated heterocycles. The minimum Gasteiger partial charge on any atom is -0.349 e. The van der Waals surface area contributed by atoms with Crippen LogP contribution in [0.3, 0.4) is 0 Å². The standard InChI is InChI=1S/C26H33N5O/c32-26(29-22-7-3-1-4-8-22)24-17-28-30-25-10-9-20(14-23(24)25)21-13-19(15-27-16-21)18-31-11-5-2-6-12-31/h9-10,13-17,22,28,30H,1-8,11-12,18H2,(H,29,32). The highest BCUT2D eigenvalue weighted by atomic mass is 16.1. The van der Waals surface area contributed by atoms with Gasteiger partial charge in [0.1, 0.15) is 0 Å². The SMILES string of the molecule is O=C(NC1CCCCC1)C1=CNNc2ccc(-c3cncc(CN4CCCCC4)c3)cc21.